The van der Waals surface area contributed by atoms with Gasteiger partial charge in [0.2, 0.25) is 0 Å². The van der Waals surface area contributed by atoms with E-state index in [0.29, 0.717) is 23.8 Å². The number of benzene rings is 1. The van der Waals surface area contributed by atoms with Gasteiger partial charge in [-0.25, -0.2) is 0 Å². The van der Waals surface area contributed by atoms with E-state index in [4.69, 9.17) is 21.1 Å². The molecule has 2 fully saturated rings. The molecule has 0 aromatic heterocycles. The van der Waals surface area contributed by atoms with E-state index in [1.807, 2.05) is 24.1 Å². The quantitative estimate of drug-likeness (QED) is 0.842. The molecule has 1 aliphatic heterocycles. The first-order valence-electron chi connectivity index (χ1n) is 7.41. The Kier molecular flexibility index (Phi) is 4.20. The van der Waals surface area contributed by atoms with E-state index in [9.17, 15) is 4.79 Å². The third kappa shape index (κ3) is 2.93. The summed E-state index contributed by atoms with van der Waals surface area (Å²) in [6, 6.07) is 7.40. The van der Waals surface area contributed by atoms with Crippen LogP contribution in [0.25, 0.3) is 0 Å². The van der Waals surface area contributed by atoms with Crippen molar-refractivity contribution in [1.82, 2.24) is 4.90 Å². The SMILES string of the molecule is CN(C(=O)c1ccccc1Cl)C1CCC2(CC1)OCCO2. The summed E-state index contributed by atoms with van der Waals surface area (Å²) in [5.74, 6) is -0.403. The first kappa shape index (κ1) is 14.8. The van der Waals surface area contributed by atoms with Crippen LogP contribution >= 0.6 is 11.6 Å². The van der Waals surface area contributed by atoms with Crippen molar-refractivity contribution in [3.05, 3.63) is 34.9 Å². The van der Waals surface area contributed by atoms with Crippen LogP contribution in [-0.4, -0.2) is 42.9 Å². The van der Waals surface area contributed by atoms with Crippen LogP contribution in [0.4, 0.5) is 0 Å². The van der Waals surface area contributed by atoms with Gasteiger partial charge in [0.1, 0.15) is 0 Å². The highest BCUT2D eigenvalue weighted by Crippen LogP contribution is 2.37. The predicted molar refractivity (Wildman–Crippen MR) is 80.4 cm³/mol. The van der Waals surface area contributed by atoms with E-state index < -0.39 is 0 Å². The molecule has 1 amide bonds. The molecule has 1 heterocycles. The number of rotatable bonds is 2. The minimum absolute atomic E-state index is 0.0187. The van der Waals surface area contributed by atoms with E-state index in [-0.39, 0.29) is 17.7 Å². The van der Waals surface area contributed by atoms with Gasteiger partial charge in [0.15, 0.2) is 5.79 Å². The highest BCUT2D eigenvalue weighted by Gasteiger charge is 2.41. The molecule has 114 valence electrons. The molecule has 0 bridgehead atoms. The summed E-state index contributed by atoms with van der Waals surface area (Å²) in [6.45, 7) is 1.36. The summed E-state index contributed by atoms with van der Waals surface area (Å²) in [5, 5.41) is 0.504. The van der Waals surface area contributed by atoms with Gasteiger partial charge in [0, 0.05) is 25.9 Å². The van der Waals surface area contributed by atoms with Gasteiger partial charge in [0.05, 0.1) is 23.8 Å². The molecule has 0 N–H and O–H groups in total. The van der Waals surface area contributed by atoms with Crippen LogP contribution in [0.15, 0.2) is 24.3 Å². The Morgan fingerprint density at radius 1 is 1.24 bits per heavy atom. The number of halogens is 1. The Bertz CT molecular complexity index is 518. The normalized spacial score (nSPS) is 21.6. The van der Waals surface area contributed by atoms with Crippen molar-refractivity contribution >= 4 is 17.5 Å². The van der Waals surface area contributed by atoms with Gasteiger partial charge in [-0.15, -0.1) is 0 Å². The molecule has 0 atom stereocenters. The van der Waals surface area contributed by atoms with E-state index in [1.54, 1.807) is 12.1 Å². The average Bonchev–Trinajstić information content (AvgIpc) is 2.95. The van der Waals surface area contributed by atoms with Gasteiger partial charge in [-0.3, -0.25) is 4.79 Å². The molecule has 1 saturated carbocycles. The number of hydrogen-bond donors (Lipinski definition) is 0. The lowest BCUT2D eigenvalue weighted by Crippen LogP contribution is -2.45. The minimum Gasteiger partial charge on any atom is -0.348 e. The minimum atomic E-state index is -0.384. The number of carbonyl (C=O) groups excluding carboxylic acids is 1. The van der Waals surface area contributed by atoms with E-state index >= 15 is 0 Å². The molecule has 0 radical (unpaired) electrons. The van der Waals surface area contributed by atoms with Crippen molar-refractivity contribution in [3.63, 3.8) is 0 Å². The molecule has 1 aliphatic carbocycles. The largest absolute Gasteiger partial charge is 0.348 e. The molecule has 1 saturated heterocycles. The van der Waals surface area contributed by atoms with Crippen LogP contribution in [0, 0.1) is 0 Å². The summed E-state index contributed by atoms with van der Waals surface area (Å²) in [5.41, 5.74) is 0.565. The van der Waals surface area contributed by atoms with Crippen molar-refractivity contribution in [2.45, 2.75) is 37.5 Å². The lowest BCUT2D eigenvalue weighted by atomic mass is 9.89. The molecule has 5 heteroatoms. The van der Waals surface area contributed by atoms with Crippen LogP contribution in [0.3, 0.4) is 0 Å². The Morgan fingerprint density at radius 2 is 1.86 bits per heavy atom. The lowest BCUT2D eigenvalue weighted by molar-refractivity contribution is -0.182. The van der Waals surface area contributed by atoms with Gasteiger partial charge in [0.25, 0.3) is 5.91 Å². The molecular weight excluding hydrogens is 290 g/mol. The van der Waals surface area contributed by atoms with Crippen LogP contribution in [-0.2, 0) is 9.47 Å². The maximum Gasteiger partial charge on any atom is 0.255 e. The Morgan fingerprint density at radius 3 is 2.48 bits per heavy atom. The Balaban J connectivity index is 1.65. The number of ether oxygens (including phenoxy) is 2. The number of nitrogens with zero attached hydrogens (tertiary/aromatic N) is 1. The van der Waals surface area contributed by atoms with Crippen molar-refractivity contribution < 1.29 is 14.3 Å². The predicted octanol–water partition coefficient (Wildman–Crippen LogP) is 3.10. The fraction of sp³-hybridized carbons (Fsp3) is 0.562. The summed E-state index contributed by atoms with van der Waals surface area (Å²) in [4.78, 5) is 14.4. The van der Waals surface area contributed by atoms with Crippen molar-refractivity contribution in [3.8, 4) is 0 Å². The van der Waals surface area contributed by atoms with Crippen molar-refractivity contribution in [1.29, 1.82) is 0 Å². The molecule has 1 spiro atoms. The van der Waals surface area contributed by atoms with Crippen LogP contribution in [0.1, 0.15) is 36.0 Å². The summed E-state index contributed by atoms with van der Waals surface area (Å²) in [7, 11) is 1.85. The molecule has 2 aliphatic rings. The molecular formula is C16H20ClNO3. The number of carbonyl (C=O) groups is 1. The van der Waals surface area contributed by atoms with Gasteiger partial charge in [-0.1, -0.05) is 23.7 Å². The molecule has 1 aromatic rings. The summed E-state index contributed by atoms with van der Waals surface area (Å²) < 4.78 is 11.5. The second kappa shape index (κ2) is 5.95. The van der Waals surface area contributed by atoms with Crippen LogP contribution in [0.2, 0.25) is 5.02 Å². The summed E-state index contributed by atoms with van der Waals surface area (Å²) in [6.07, 6.45) is 3.48. The molecule has 3 rings (SSSR count). The van der Waals surface area contributed by atoms with Crippen LogP contribution in [0.5, 0.6) is 0 Å². The molecule has 4 nitrogen and oxygen atoms in total. The molecule has 21 heavy (non-hydrogen) atoms. The summed E-state index contributed by atoms with van der Waals surface area (Å²) >= 11 is 6.11. The maximum absolute atomic E-state index is 12.6. The van der Waals surface area contributed by atoms with Gasteiger partial charge in [-0.05, 0) is 25.0 Å². The zero-order valence-corrected chi connectivity index (χ0v) is 12.9. The maximum atomic E-state index is 12.6. The standard InChI is InChI=1S/C16H20ClNO3/c1-18(15(19)13-4-2-3-5-14(13)17)12-6-8-16(9-7-12)20-10-11-21-16/h2-5,12H,6-11H2,1H3. The number of amides is 1. The monoisotopic (exact) mass is 309 g/mol. The third-order valence-corrected chi connectivity index (χ3v) is 4.83. The second-order valence-corrected chi connectivity index (χ2v) is 6.14. The smallest absolute Gasteiger partial charge is 0.255 e. The van der Waals surface area contributed by atoms with E-state index in [0.717, 1.165) is 25.7 Å². The first-order valence-corrected chi connectivity index (χ1v) is 7.79. The fourth-order valence-electron chi connectivity index (χ4n) is 3.21. The van der Waals surface area contributed by atoms with E-state index in [2.05, 4.69) is 0 Å². The van der Waals surface area contributed by atoms with E-state index in [1.165, 1.54) is 0 Å². The van der Waals surface area contributed by atoms with Crippen LogP contribution < -0.4 is 0 Å². The van der Waals surface area contributed by atoms with Gasteiger partial charge < -0.3 is 14.4 Å². The van der Waals surface area contributed by atoms with Crippen molar-refractivity contribution in [2.24, 2.45) is 0 Å². The second-order valence-electron chi connectivity index (χ2n) is 5.73. The Hall–Kier alpha value is -1.10. The van der Waals surface area contributed by atoms with Crippen molar-refractivity contribution in [2.75, 3.05) is 20.3 Å². The highest BCUT2D eigenvalue weighted by atomic mass is 35.5. The third-order valence-electron chi connectivity index (χ3n) is 4.50. The zero-order valence-electron chi connectivity index (χ0n) is 12.2. The Labute approximate surface area is 130 Å². The topological polar surface area (TPSA) is 38.8 Å². The molecule has 1 aromatic carbocycles. The molecule has 0 unspecified atom stereocenters. The number of hydrogen-bond acceptors (Lipinski definition) is 3. The first-order chi connectivity index (χ1) is 10.1. The van der Waals surface area contributed by atoms with Gasteiger partial charge >= 0.3 is 0 Å². The average molecular weight is 310 g/mol. The van der Waals surface area contributed by atoms with Gasteiger partial charge in [-0.2, -0.15) is 0 Å². The fourth-order valence-corrected chi connectivity index (χ4v) is 3.42. The highest BCUT2D eigenvalue weighted by molar-refractivity contribution is 6.33. The zero-order chi connectivity index (χ0) is 14.9. The lowest BCUT2D eigenvalue weighted by Gasteiger charge is -2.39.